The quantitative estimate of drug-likeness (QED) is 0.632. The molecule has 5 rings (SSSR count). The highest BCUT2D eigenvalue weighted by Crippen LogP contribution is 2.47. The van der Waals surface area contributed by atoms with Crippen LogP contribution in [0.15, 0.2) is 57.0 Å². The number of fused-ring (bicyclic) bond motifs is 4. The maximum Gasteiger partial charge on any atom is 0.332 e. The molecule has 2 aromatic carbocycles. The second kappa shape index (κ2) is 6.23. The summed E-state index contributed by atoms with van der Waals surface area (Å²) in [5.74, 6) is -0.778. The molecule has 0 saturated carbocycles. The third-order valence-electron chi connectivity index (χ3n) is 6.34. The van der Waals surface area contributed by atoms with Crippen molar-refractivity contribution < 1.29 is 4.79 Å². The van der Waals surface area contributed by atoms with Crippen molar-refractivity contribution in [2.45, 2.75) is 19.8 Å². The fourth-order valence-corrected chi connectivity index (χ4v) is 4.88. The molecule has 6 nitrogen and oxygen atoms in total. The van der Waals surface area contributed by atoms with E-state index in [1.54, 1.807) is 13.1 Å². The van der Waals surface area contributed by atoms with Gasteiger partial charge in [0.1, 0.15) is 5.82 Å². The lowest BCUT2D eigenvalue weighted by atomic mass is 9.75. The standard InChI is InChI=1S/C24H21N3O3/c1-12-9-10-14(13(2)11-12)17-18-20(15-7-5-6-8-16(15)21(18)28)25-22-19(17)23(29)27(4)24(30)26(22)3/h5-11,17-18H,1-4H3/t17-,18+/m1/s1. The van der Waals surface area contributed by atoms with Crippen molar-refractivity contribution in [2.24, 2.45) is 25.0 Å². The number of hydrogen-bond donors (Lipinski definition) is 0. The summed E-state index contributed by atoms with van der Waals surface area (Å²) in [6.45, 7) is 4.00. The Balaban J connectivity index is 1.92. The highest BCUT2D eigenvalue weighted by atomic mass is 16.2. The molecule has 1 aliphatic carbocycles. The molecule has 0 N–H and O–H groups in total. The van der Waals surface area contributed by atoms with Gasteiger partial charge in [-0.3, -0.25) is 18.7 Å². The summed E-state index contributed by atoms with van der Waals surface area (Å²) in [7, 11) is 3.08. The summed E-state index contributed by atoms with van der Waals surface area (Å²) in [5, 5.41) is 0. The number of carbonyl (C=O) groups excluding carboxylic acids is 1. The minimum atomic E-state index is -0.582. The Labute approximate surface area is 173 Å². The van der Waals surface area contributed by atoms with E-state index in [1.165, 1.54) is 11.6 Å². The number of aromatic nitrogens is 2. The lowest BCUT2D eigenvalue weighted by molar-refractivity contribution is 0.0953. The van der Waals surface area contributed by atoms with Crippen LogP contribution in [0.1, 0.15) is 44.1 Å². The van der Waals surface area contributed by atoms with Crippen LogP contribution in [0.2, 0.25) is 0 Å². The Morgan fingerprint density at radius 1 is 0.867 bits per heavy atom. The molecule has 3 aromatic rings. The van der Waals surface area contributed by atoms with Crippen molar-refractivity contribution >= 4 is 17.3 Å². The number of rotatable bonds is 1. The molecule has 2 aliphatic rings. The van der Waals surface area contributed by atoms with Crippen LogP contribution in [-0.4, -0.2) is 20.6 Å². The van der Waals surface area contributed by atoms with E-state index in [0.717, 1.165) is 26.8 Å². The van der Waals surface area contributed by atoms with Gasteiger partial charge in [-0.1, -0.05) is 48.0 Å². The Morgan fingerprint density at radius 3 is 2.27 bits per heavy atom. The number of aryl methyl sites for hydroxylation is 2. The van der Waals surface area contributed by atoms with E-state index >= 15 is 0 Å². The summed E-state index contributed by atoms with van der Waals surface area (Å²) in [6.07, 6.45) is 0. The van der Waals surface area contributed by atoms with Crippen LogP contribution < -0.4 is 11.2 Å². The predicted molar refractivity (Wildman–Crippen MR) is 115 cm³/mol. The number of aliphatic imine (C=N–C) groups is 1. The summed E-state index contributed by atoms with van der Waals surface area (Å²) in [5.41, 5.74) is 4.63. The monoisotopic (exact) mass is 399 g/mol. The molecule has 30 heavy (non-hydrogen) atoms. The maximum absolute atomic E-state index is 13.5. The molecule has 0 bridgehead atoms. The molecule has 6 heteroatoms. The number of hydrogen-bond acceptors (Lipinski definition) is 4. The van der Waals surface area contributed by atoms with Gasteiger partial charge in [0.15, 0.2) is 5.78 Å². The first kappa shape index (κ1) is 18.5. The Bertz CT molecular complexity index is 1410. The number of carbonyl (C=O) groups is 1. The zero-order chi connectivity index (χ0) is 21.3. The minimum Gasteiger partial charge on any atom is -0.293 e. The smallest absolute Gasteiger partial charge is 0.293 e. The Morgan fingerprint density at radius 2 is 1.57 bits per heavy atom. The van der Waals surface area contributed by atoms with Crippen LogP contribution in [0.3, 0.4) is 0 Å². The highest BCUT2D eigenvalue weighted by Gasteiger charge is 2.48. The van der Waals surface area contributed by atoms with E-state index in [4.69, 9.17) is 4.99 Å². The summed E-state index contributed by atoms with van der Waals surface area (Å²) in [6, 6.07) is 13.4. The Hall–Kier alpha value is -3.54. The second-order valence-corrected chi connectivity index (χ2v) is 8.17. The number of ketones is 1. The number of benzene rings is 2. The zero-order valence-electron chi connectivity index (χ0n) is 17.3. The molecule has 2 atom stereocenters. The van der Waals surface area contributed by atoms with Crippen molar-refractivity contribution in [2.75, 3.05) is 0 Å². The van der Waals surface area contributed by atoms with Crippen molar-refractivity contribution in [3.8, 4) is 0 Å². The third kappa shape index (κ3) is 2.30. The van der Waals surface area contributed by atoms with E-state index in [-0.39, 0.29) is 5.78 Å². The SMILES string of the molecule is Cc1ccc([C@H]2c3c(n(C)c(=O)n(C)c3=O)N=C3c4ccccc4C(=O)[C@H]32)c(C)c1. The molecule has 0 saturated heterocycles. The molecular weight excluding hydrogens is 378 g/mol. The van der Waals surface area contributed by atoms with Gasteiger partial charge in [0.2, 0.25) is 0 Å². The molecule has 2 heterocycles. The van der Waals surface area contributed by atoms with Gasteiger partial charge >= 0.3 is 5.69 Å². The van der Waals surface area contributed by atoms with Crippen LogP contribution in [0.5, 0.6) is 0 Å². The topological polar surface area (TPSA) is 73.4 Å². The van der Waals surface area contributed by atoms with Crippen molar-refractivity contribution in [3.63, 3.8) is 0 Å². The van der Waals surface area contributed by atoms with Crippen LogP contribution in [0, 0.1) is 19.8 Å². The first-order valence-corrected chi connectivity index (χ1v) is 9.90. The van der Waals surface area contributed by atoms with Crippen molar-refractivity contribution in [1.82, 2.24) is 9.13 Å². The van der Waals surface area contributed by atoms with Crippen LogP contribution in [0.25, 0.3) is 0 Å². The summed E-state index contributed by atoms with van der Waals surface area (Å²) >= 11 is 0. The van der Waals surface area contributed by atoms with E-state index in [0.29, 0.717) is 22.7 Å². The molecular formula is C24H21N3O3. The average molecular weight is 399 g/mol. The normalized spacial score (nSPS) is 19.2. The van der Waals surface area contributed by atoms with Gasteiger partial charge in [-0.05, 0) is 25.0 Å². The lowest BCUT2D eigenvalue weighted by Gasteiger charge is -2.30. The number of nitrogens with zero attached hydrogens (tertiary/aromatic N) is 3. The fourth-order valence-electron chi connectivity index (χ4n) is 4.88. The molecule has 0 spiro atoms. The molecule has 0 radical (unpaired) electrons. The Kier molecular flexibility index (Phi) is 3.84. The summed E-state index contributed by atoms with van der Waals surface area (Å²) < 4.78 is 2.50. The fraction of sp³-hybridized carbons (Fsp3) is 0.250. The van der Waals surface area contributed by atoms with Gasteiger partial charge in [-0.15, -0.1) is 0 Å². The highest BCUT2D eigenvalue weighted by molar-refractivity contribution is 6.30. The molecule has 0 fully saturated rings. The predicted octanol–water partition coefficient (Wildman–Crippen LogP) is 2.78. The van der Waals surface area contributed by atoms with Crippen LogP contribution >= 0.6 is 0 Å². The molecule has 1 aromatic heterocycles. The minimum absolute atomic E-state index is 0.0316. The largest absolute Gasteiger partial charge is 0.332 e. The lowest BCUT2D eigenvalue weighted by Crippen LogP contribution is -2.43. The van der Waals surface area contributed by atoms with Gasteiger partial charge < -0.3 is 0 Å². The van der Waals surface area contributed by atoms with Crippen molar-refractivity contribution in [3.05, 3.63) is 96.7 Å². The van der Waals surface area contributed by atoms with Gasteiger partial charge in [0.25, 0.3) is 5.56 Å². The third-order valence-corrected chi connectivity index (χ3v) is 6.34. The van der Waals surface area contributed by atoms with E-state index in [1.807, 2.05) is 44.2 Å². The molecule has 0 amide bonds. The van der Waals surface area contributed by atoms with E-state index < -0.39 is 23.1 Å². The second-order valence-electron chi connectivity index (χ2n) is 8.17. The first-order chi connectivity index (χ1) is 14.3. The van der Waals surface area contributed by atoms with Gasteiger partial charge in [-0.25, -0.2) is 9.79 Å². The van der Waals surface area contributed by atoms with E-state index in [2.05, 4.69) is 6.07 Å². The summed E-state index contributed by atoms with van der Waals surface area (Å²) in [4.78, 5) is 44.1. The van der Waals surface area contributed by atoms with Crippen LogP contribution in [-0.2, 0) is 14.1 Å². The van der Waals surface area contributed by atoms with Gasteiger partial charge in [0, 0.05) is 31.1 Å². The van der Waals surface area contributed by atoms with Gasteiger partial charge in [0.05, 0.1) is 17.2 Å². The molecule has 0 unspecified atom stereocenters. The maximum atomic E-state index is 13.5. The van der Waals surface area contributed by atoms with E-state index in [9.17, 15) is 14.4 Å². The van der Waals surface area contributed by atoms with Gasteiger partial charge in [-0.2, -0.15) is 0 Å². The first-order valence-electron chi connectivity index (χ1n) is 9.90. The molecule has 150 valence electrons. The molecule has 1 aliphatic heterocycles. The zero-order valence-corrected chi connectivity index (χ0v) is 17.3. The number of Topliss-reactive ketones (excluding diaryl/α,β-unsaturated/α-hetero) is 1. The van der Waals surface area contributed by atoms with Crippen LogP contribution in [0.4, 0.5) is 5.82 Å². The van der Waals surface area contributed by atoms with Crippen molar-refractivity contribution in [1.29, 1.82) is 0 Å². The average Bonchev–Trinajstić information content (AvgIpc) is 3.02.